The predicted molar refractivity (Wildman–Crippen MR) is 79.2 cm³/mol. The lowest BCUT2D eigenvalue weighted by Crippen LogP contribution is -2.47. The molecule has 2 atom stereocenters. The number of rotatable bonds is 4. The SMILES string of the molecule is C=C1CNC([C@@H]2OCCN2C(=O)OCCN2C(=O)C=CC2=O)C1. The number of hydrogen-bond donors (Lipinski definition) is 1. The van der Waals surface area contributed by atoms with Gasteiger partial charge >= 0.3 is 6.09 Å². The predicted octanol–water partition coefficient (Wildman–Crippen LogP) is -0.376. The molecule has 1 N–H and O–H groups in total. The zero-order chi connectivity index (χ0) is 16.4. The van der Waals surface area contributed by atoms with Gasteiger partial charge in [0, 0.05) is 18.7 Å². The van der Waals surface area contributed by atoms with Gasteiger partial charge in [-0.05, 0) is 6.42 Å². The second-order valence-electron chi connectivity index (χ2n) is 5.67. The summed E-state index contributed by atoms with van der Waals surface area (Å²) in [6.07, 6.45) is 2.29. The first-order chi connectivity index (χ1) is 11.1. The molecule has 0 saturated carbocycles. The van der Waals surface area contributed by atoms with Gasteiger partial charge in [-0.15, -0.1) is 0 Å². The van der Waals surface area contributed by atoms with E-state index in [1.807, 2.05) is 0 Å². The normalized spacial score (nSPS) is 27.4. The van der Waals surface area contributed by atoms with E-state index in [0.29, 0.717) is 13.2 Å². The van der Waals surface area contributed by atoms with Crippen molar-refractivity contribution in [1.29, 1.82) is 0 Å². The maximum atomic E-state index is 12.2. The van der Waals surface area contributed by atoms with Crippen LogP contribution in [0.1, 0.15) is 6.42 Å². The summed E-state index contributed by atoms with van der Waals surface area (Å²) in [7, 11) is 0. The van der Waals surface area contributed by atoms with Crippen LogP contribution >= 0.6 is 0 Å². The summed E-state index contributed by atoms with van der Waals surface area (Å²) in [4.78, 5) is 37.6. The summed E-state index contributed by atoms with van der Waals surface area (Å²) < 4.78 is 10.8. The smallest absolute Gasteiger partial charge is 0.412 e. The van der Waals surface area contributed by atoms with Crippen LogP contribution in [-0.4, -0.2) is 72.8 Å². The van der Waals surface area contributed by atoms with Gasteiger partial charge in [-0.1, -0.05) is 12.2 Å². The number of carbonyl (C=O) groups is 3. The zero-order valence-corrected chi connectivity index (χ0v) is 12.7. The lowest BCUT2D eigenvalue weighted by Gasteiger charge is -2.27. The van der Waals surface area contributed by atoms with Crippen molar-refractivity contribution in [3.8, 4) is 0 Å². The number of nitrogens with one attached hydrogen (secondary N) is 1. The zero-order valence-electron chi connectivity index (χ0n) is 12.7. The quantitative estimate of drug-likeness (QED) is 0.561. The molecule has 8 heteroatoms. The Morgan fingerprint density at radius 1 is 1.39 bits per heavy atom. The van der Waals surface area contributed by atoms with E-state index in [0.717, 1.165) is 23.4 Å². The molecule has 0 aliphatic carbocycles. The van der Waals surface area contributed by atoms with Crippen LogP contribution in [-0.2, 0) is 19.1 Å². The van der Waals surface area contributed by atoms with Crippen molar-refractivity contribution in [2.24, 2.45) is 0 Å². The first-order valence-electron chi connectivity index (χ1n) is 7.55. The Morgan fingerprint density at radius 3 is 2.78 bits per heavy atom. The number of nitrogens with zero attached hydrogens (tertiary/aromatic N) is 2. The summed E-state index contributed by atoms with van der Waals surface area (Å²) in [6.45, 7) is 5.57. The van der Waals surface area contributed by atoms with E-state index in [9.17, 15) is 14.4 Å². The molecule has 3 rings (SSSR count). The van der Waals surface area contributed by atoms with Crippen LogP contribution in [0, 0.1) is 0 Å². The van der Waals surface area contributed by atoms with Gasteiger partial charge in [0.25, 0.3) is 11.8 Å². The second kappa shape index (κ2) is 6.51. The van der Waals surface area contributed by atoms with Gasteiger partial charge in [0.15, 0.2) is 6.23 Å². The number of carbonyl (C=O) groups excluding carboxylic acids is 3. The third kappa shape index (κ3) is 3.27. The molecular formula is C15H19N3O5. The molecule has 3 heterocycles. The van der Waals surface area contributed by atoms with E-state index in [-0.39, 0.29) is 37.2 Å². The lowest BCUT2D eigenvalue weighted by molar-refractivity contribution is -0.137. The van der Waals surface area contributed by atoms with E-state index in [2.05, 4.69) is 11.9 Å². The van der Waals surface area contributed by atoms with E-state index in [4.69, 9.17) is 9.47 Å². The Balaban J connectivity index is 1.48. The second-order valence-corrected chi connectivity index (χ2v) is 5.67. The van der Waals surface area contributed by atoms with Gasteiger partial charge in [-0.2, -0.15) is 0 Å². The highest BCUT2D eigenvalue weighted by atomic mass is 16.6. The van der Waals surface area contributed by atoms with Crippen molar-refractivity contribution in [3.63, 3.8) is 0 Å². The third-order valence-corrected chi connectivity index (χ3v) is 4.07. The molecule has 2 saturated heterocycles. The molecule has 124 valence electrons. The third-order valence-electron chi connectivity index (χ3n) is 4.07. The Hall–Kier alpha value is -2.19. The Bertz CT molecular complexity index is 555. The molecule has 3 aliphatic rings. The molecule has 23 heavy (non-hydrogen) atoms. The minimum absolute atomic E-state index is 0.0171. The summed E-state index contributed by atoms with van der Waals surface area (Å²) in [5.74, 6) is -0.774. The lowest BCUT2D eigenvalue weighted by atomic mass is 10.1. The van der Waals surface area contributed by atoms with E-state index < -0.39 is 6.09 Å². The number of hydrogen-bond acceptors (Lipinski definition) is 6. The summed E-state index contributed by atoms with van der Waals surface area (Å²) >= 11 is 0. The molecule has 3 aliphatic heterocycles. The van der Waals surface area contributed by atoms with Crippen LogP contribution in [0.5, 0.6) is 0 Å². The van der Waals surface area contributed by atoms with Crippen LogP contribution in [0.25, 0.3) is 0 Å². The Kier molecular flexibility index (Phi) is 4.44. The van der Waals surface area contributed by atoms with Gasteiger partial charge in [0.1, 0.15) is 6.61 Å². The molecule has 0 radical (unpaired) electrons. The van der Waals surface area contributed by atoms with Crippen LogP contribution in [0.3, 0.4) is 0 Å². The topological polar surface area (TPSA) is 88.2 Å². The van der Waals surface area contributed by atoms with Crippen molar-refractivity contribution >= 4 is 17.9 Å². The highest BCUT2D eigenvalue weighted by molar-refractivity contribution is 6.12. The number of imide groups is 1. The molecule has 0 spiro atoms. The molecule has 2 fully saturated rings. The minimum Gasteiger partial charge on any atom is -0.447 e. The van der Waals surface area contributed by atoms with Gasteiger partial charge in [0.2, 0.25) is 0 Å². The first-order valence-corrected chi connectivity index (χ1v) is 7.55. The molecule has 3 amide bonds. The molecule has 8 nitrogen and oxygen atoms in total. The van der Waals surface area contributed by atoms with Gasteiger partial charge < -0.3 is 14.8 Å². The minimum atomic E-state index is -0.501. The molecule has 0 aromatic rings. The molecule has 1 unspecified atom stereocenters. The maximum Gasteiger partial charge on any atom is 0.412 e. The average Bonchev–Trinajstić information content (AvgIpc) is 3.22. The monoisotopic (exact) mass is 321 g/mol. The van der Waals surface area contributed by atoms with Crippen LogP contribution in [0.15, 0.2) is 24.3 Å². The Morgan fingerprint density at radius 2 is 2.13 bits per heavy atom. The summed E-state index contributed by atoms with van der Waals surface area (Å²) in [6, 6.07) is 0.0171. The van der Waals surface area contributed by atoms with Crippen LogP contribution in [0.2, 0.25) is 0 Å². The molecule has 0 bridgehead atoms. The fraction of sp³-hybridized carbons (Fsp3) is 0.533. The fourth-order valence-electron chi connectivity index (χ4n) is 2.91. The van der Waals surface area contributed by atoms with Gasteiger partial charge in [0.05, 0.1) is 25.7 Å². The standard InChI is InChI=1S/C15H19N3O5/c1-10-8-11(16-9-10)14-18(5-6-22-14)15(21)23-7-4-17-12(19)2-3-13(17)20/h2-3,11,14,16H,1,4-9H2/t11?,14-/m0/s1. The number of ether oxygens (including phenoxy) is 2. The van der Waals surface area contributed by atoms with Gasteiger partial charge in [-0.3, -0.25) is 19.4 Å². The van der Waals surface area contributed by atoms with Crippen LogP contribution in [0.4, 0.5) is 4.79 Å². The van der Waals surface area contributed by atoms with Crippen molar-refractivity contribution in [3.05, 3.63) is 24.3 Å². The van der Waals surface area contributed by atoms with E-state index in [1.54, 1.807) is 0 Å². The summed E-state index contributed by atoms with van der Waals surface area (Å²) in [5.41, 5.74) is 1.08. The van der Waals surface area contributed by atoms with Crippen molar-refractivity contribution < 1.29 is 23.9 Å². The highest BCUT2D eigenvalue weighted by Gasteiger charge is 2.38. The summed E-state index contributed by atoms with van der Waals surface area (Å²) in [5, 5.41) is 3.27. The largest absolute Gasteiger partial charge is 0.447 e. The maximum absolute atomic E-state index is 12.2. The molecular weight excluding hydrogens is 302 g/mol. The van der Waals surface area contributed by atoms with Crippen molar-refractivity contribution in [2.45, 2.75) is 18.7 Å². The first kappa shape index (κ1) is 15.7. The van der Waals surface area contributed by atoms with E-state index in [1.165, 1.54) is 17.1 Å². The Labute approximate surface area is 133 Å². The highest BCUT2D eigenvalue weighted by Crippen LogP contribution is 2.22. The van der Waals surface area contributed by atoms with Crippen molar-refractivity contribution in [2.75, 3.05) is 32.8 Å². The average molecular weight is 321 g/mol. The number of amides is 3. The molecule has 0 aromatic heterocycles. The fourth-order valence-corrected chi connectivity index (χ4v) is 2.91. The van der Waals surface area contributed by atoms with Gasteiger partial charge in [-0.25, -0.2) is 4.79 Å². The van der Waals surface area contributed by atoms with Crippen molar-refractivity contribution in [1.82, 2.24) is 15.1 Å². The van der Waals surface area contributed by atoms with Crippen LogP contribution < -0.4 is 5.32 Å². The van der Waals surface area contributed by atoms with E-state index >= 15 is 0 Å². The molecule has 0 aromatic carbocycles.